The SMILES string of the molecule is Cl.NC1(C(=O)Nc2ccc(C(=O)N3CCc4ccccc43)cc2)CCCC1. The molecule has 5 nitrogen and oxygen atoms in total. The van der Waals surface area contributed by atoms with E-state index in [1.54, 1.807) is 24.3 Å². The zero-order valence-electron chi connectivity index (χ0n) is 15.1. The first-order valence-corrected chi connectivity index (χ1v) is 9.17. The molecule has 27 heavy (non-hydrogen) atoms. The second-order valence-corrected chi connectivity index (χ2v) is 7.23. The molecule has 3 N–H and O–H groups in total. The minimum Gasteiger partial charge on any atom is -0.324 e. The fraction of sp³-hybridized carbons (Fsp3) is 0.333. The van der Waals surface area contributed by atoms with Gasteiger partial charge >= 0.3 is 0 Å². The highest BCUT2D eigenvalue weighted by Crippen LogP contribution is 2.30. The maximum atomic E-state index is 12.8. The number of amides is 2. The number of nitrogens with zero attached hydrogens (tertiary/aromatic N) is 1. The van der Waals surface area contributed by atoms with E-state index in [1.807, 2.05) is 23.1 Å². The van der Waals surface area contributed by atoms with Gasteiger partial charge in [0.15, 0.2) is 0 Å². The third-order valence-electron chi connectivity index (χ3n) is 5.47. The van der Waals surface area contributed by atoms with Gasteiger partial charge in [0.2, 0.25) is 5.91 Å². The Morgan fingerprint density at radius 1 is 1.00 bits per heavy atom. The van der Waals surface area contributed by atoms with Gasteiger partial charge in [-0.05, 0) is 55.2 Å². The number of benzene rings is 2. The molecular weight excluding hydrogens is 362 g/mol. The topological polar surface area (TPSA) is 75.4 Å². The molecule has 0 spiro atoms. The lowest BCUT2D eigenvalue weighted by Gasteiger charge is -2.22. The Morgan fingerprint density at radius 3 is 2.37 bits per heavy atom. The van der Waals surface area contributed by atoms with Gasteiger partial charge in [-0.25, -0.2) is 0 Å². The van der Waals surface area contributed by atoms with Crippen LogP contribution in [0.3, 0.4) is 0 Å². The molecule has 1 fully saturated rings. The lowest BCUT2D eigenvalue weighted by Crippen LogP contribution is -2.48. The fourth-order valence-corrected chi connectivity index (χ4v) is 3.89. The van der Waals surface area contributed by atoms with Gasteiger partial charge in [0.25, 0.3) is 5.91 Å². The molecule has 0 saturated heterocycles. The smallest absolute Gasteiger partial charge is 0.258 e. The van der Waals surface area contributed by atoms with E-state index in [0.29, 0.717) is 17.8 Å². The number of anilines is 2. The van der Waals surface area contributed by atoms with Crippen molar-refractivity contribution in [3.05, 3.63) is 59.7 Å². The Morgan fingerprint density at radius 2 is 1.67 bits per heavy atom. The number of nitrogens with two attached hydrogens (primary N) is 1. The summed E-state index contributed by atoms with van der Waals surface area (Å²) in [7, 11) is 0. The van der Waals surface area contributed by atoms with Crippen molar-refractivity contribution in [2.45, 2.75) is 37.6 Å². The molecule has 0 radical (unpaired) electrons. The number of hydrogen-bond donors (Lipinski definition) is 2. The molecule has 1 aliphatic carbocycles. The zero-order valence-corrected chi connectivity index (χ0v) is 15.9. The second kappa shape index (κ2) is 7.71. The molecule has 142 valence electrons. The molecule has 2 aliphatic rings. The average Bonchev–Trinajstić information content (AvgIpc) is 3.29. The maximum absolute atomic E-state index is 12.8. The van der Waals surface area contributed by atoms with Crippen molar-refractivity contribution >= 4 is 35.6 Å². The molecule has 1 heterocycles. The van der Waals surface area contributed by atoms with E-state index in [2.05, 4.69) is 11.4 Å². The van der Waals surface area contributed by atoms with Gasteiger partial charge < -0.3 is 16.0 Å². The summed E-state index contributed by atoms with van der Waals surface area (Å²) >= 11 is 0. The molecule has 0 unspecified atom stereocenters. The number of fused-ring (bicyclic) bond motifs is 1. The summed E-state index contributed by atoms with van der Waals surface area (Å²) in [5, 5.41) is 2.89. The van der Waals surface area contributed by atoms with Crippen LogP contribution < -0.4 is 16.0 Å². The van der Waals surface area contributed by atoms with Crippen LogP contribution >= 0.6 is 12.4 Å². The lowest BCUT2D eigenvalue weighted by molar-refractivity contribution is -0.121. The quantitative estimate of drug-likeness (QED) is 0.848. The Labute approximate surface area is 165 Å². The largest absolute Gasteiger partial charge is 0.324 e. The summed E-state index contributed by atoms with van der Waals surface area (Å²) in [6, 6.07) is 15.1. The van der Waals surface area contributed by atoms with E-state index >= 15 is 0 Å². The first kappa shape index (κ1) is 19.4. The van der Waals surface area contributed by atoms with Gasteiger partial charge in [-0.2, -0.15) is 0 Å². The highest BCUT2D eigenvalue weighted by molar-refractivity contribution is 6.07. The van der Waals surface area contributed by atoms with Crippen molar-refractivity contribution < 1.29 is 9.59 Å². The lowest BCUT2D eigenvalue weighted by atomic mass is 9.98. The van der Waals surface area contributed by atoms with Crippen LogP contribution in [0.1, 0.15) is 41.6 Å². The number of carbonyl (C=O) groups excluding carboxylic acids is 2. The number of para-hydroxylation sites is 1. The molecule has 1 saturated carbocycles. The summed E-state index contributed by atoms with van der Waals surface area (Å²) in [6.45, 7) is 0.701. The van der Waals surface area contributed by atoms with Crippen LogP contribution in [0.25, 0.3) is 0 Å². The number of rotatable bonds is 3. The minimum absolute atomic E-state index is 0. The van der Waals surface area contributed by atoms with E-state index in [4.69, 9.17) is 5.73 Å². The molecular formula is C21H24ClN3O2. The molecule has 1 aliphatic heterocycles. The van der Waals surface area contributed by atoms with Gasteiger partial charge in [-0.15, -0.1) is 12.4 Å². The first-order chi connectivity index (χ1) is 12.6. The first-order valence-electron chi connectivity index (χ1n) is 9.17. The fourth-order valence-electron chi connectivity index (χ4n) is 3.89. The van der Waals surface area contributed by atoms with Gasteiger partial charge in [-0.3, -0.25) is 9.59 Å². The van der Waals surface area contributed by atoms with E-state index in [1.165, 1.54) is 5.56 Å². The maximum Gasteiger partial charge on any atom is 0.258 e. The normalized spacial score (nSPS) is 17.1. The highest BCUT2D eigenvalue weighted by atomic mass is 35.5. The van der Waals surface area contributed by atoms with Crippen LogP contribution in [0.4, 0.5) is 11.4 Å². The number of hydrogen-bond acceptors (Lipinski definition) is 3. The zero-order chi connectivity index (χ0) is 18.1. The molecule has 0 atom stereocenters. The monoisotopic (exact) mass is 385 g/mol. The molecule has 4 rings (SSSR count). The van der Waals surface area contributed by atoms with Crippen molar-refractivity contribution in [2.24, 2.45) is 5.73 Å². The van der Waals surface area contributed by atoms with Crippen molar-refractivity contribution in [1.29, 1.82) is 0 Å². The number of nitrogens with one attached hydrogen (secondary N) is 1. The Kier molecular flexibility index (Phi) is 5.53. The molecule has 0 aromatic heterocycles. The summed E-state index contributed by atoms with van der Waals surface area (Å²) in [6.07, 6.45) is 4.32. The van der Waals surface area contributed by atoms with Crippen LogP contribution in [-0.2, 0) is 11.2 Å². The molecule has 0 bridgehead atoms. The minimum atomic E-state index is -0.756. The average molecular weight is 386 g/mol. The molecule has 2 amide bonds. The summed E-state index contributed by atoms with van der Waals surface area (Å²) in [5.41, 5.74) is 8.90. The van der Waals surface area contributed by atoms with Crippen LogP contribution in [0.15, 0.2) is 48.5 Å². The van der Waals surface area contributed by atoms with Gasteiger partial charge in [0.05, 0.1) is 5.54 Å². The van der Waals surface area contributed by atoms with Gasteiger partial charge in [-0.1, -0.05) is 31.0 Å². The predicted octanol–water partition coefficient (Wildman–Crippen LogP) is 3.52. The van der Waals surface area contributed by atoms with Crippen LogP contribution in [0, 0.1) is 0 Å². The highest BCUT2D eigenvalue weighted by Gasteiger charge is 2.37. The van der Waals surface area contributed by atoms with E-state index in [9.17, 15) is 9.59 Å². The van der Waals surface area contributed by atoms with E-state index in [-0.39, 0.29) is 24.2 Å². The number of halogens is 1. The second-order valence-electron chi connectivity index (χ2n) is 7.23. The predicted molar refractivity (Wildman–Crippen MR) is 110 cm³/mol. The van der Waals surface area contributed by atoms with Crippen LogP contribution in [0.5, 0.6) is 0 Å². The Hall–Kier alpha value is -2.37. The van der Waals surface area contributed by atoms with Crippen LogP contribution in [-0.4, -0.2) is 23.9 Å². The van der Waals surface area contributed by atoms with Crippen molar-refractivity contribution in [1.82, 2.24) is 0 Å². The molecule has 2 aromatic rings. The van der Waals surface area contributed by atoms with Gasteiger partial charge in [0, 0.05) is 23.5 Å². The summed E-state index contributed by atoms with van der Waals surface area (Å²) in [5.74, 6) is -0.151. The number of carbonyl (C=O) groups is 2. The van der Waals surface area contributed by atoms with Crippen molar-refractivity contribution in [2.75, 3.05) is 16.8 Å². The third-order valence-corrected chi connectivity index (χ3v) is 5.47. The van der Waals surface area contributed by atoms with Crippen molar-refractivity contribution in [3.63, 3.8) is 0 Å². The van der Waals surface area contributed by atoms with Gasteiger partial charge in [0.1, 0.15) is 0 Å². The van der Waals surface area contributed by atoms with E-state index < -0.39 is 5.54 Å². The molecule has 6 heteroatoms. The Balaban J connectivity index is 0.00000210. The summed E-state index contributed by atoms with van der Waals surface area (Å²) < 4.78 is 0. The third kappa shape index (κ3) is 3.70. The Bertz CT molecular complexity index is 845. The standard InChI is InChI=1S/C21H23N3O2.ClH/c22-21(12-3-4-13-21)20(26)23-17-9-7-16(8-10-17)19(25)24-14-11-15-5-1-2-6-18(15)24;/h1-2,5-10H,3-4,11-14,22H2,(H,23,26);1H. The molecule has 2 aromatic carbocycles. The van der Waals surface area contributed by atoms with Crippen LogP contribution in [0.2, 0.25) is 0 Å². The summed E-state index contributed by atoms with van der Waals surface area (Å²) in [4.78, 5) is 27.0. The van der Waals surface area contributed by atoms with E-state index in [0.717, 1.165) is 37.8 Å². The van der Waals surface area contributed by atoms with Crippen molar-refractivity contribution in [3.8, 4) is 0 Å².